The lowest BCUT2D eigenvalue weighted by molar-refractivity contribution is -0.126. The van der Waals surface area contributed by atoms with Crippen LogP contribution in [0.1, 0.15) is 32.1 Å². The third kappa shape index (κ3) is 5.79. The molecular formula is C11H23N3O3S. The maximum absolute atomic E-state index is 11.8. The first-order chi connectivity index (χ1) is 8.42. The summed E-state index contributed by atoms with van der Waals surface area (Å²) in [5.41, 5.74) is 5.59. The van der Waals surface area contributed by atoms with E-state index in [-0.39, 0.29) is 17.6 Å². The zero-order valence-corrected chi connectivity index (χ0v) is 11.4. The first kappa shape index (κ1) is 15.4. The number of rotatable bonds is 6. The van der Waals surface area contributed by atoms with Crippen molar-refractivity contribution in [3.63, 3.8) is 0 Å². The smallest absolute Gasteiger partial charge is 0.223 e. The molecule has 0 aromatic heterocycles. The van der Waals surface area contributed by atoms with Crippen LogP contribution in [-0.4, -0.2) is 33.2 Å². The van der Waals surface area contributed by atoms with Gasteiger partial charge in [-0.1, -0.05) is 0 Å². The summed E-state index contributed by atoms with van der Waals surface area (Å²) < 4.78 is 21.4. The fourth-order valence-electron chi connectivity index (χ4n) is 2.29. The van der Waals surface area contributed by atoms with E-state index in [4.69, 9.17) is 10.9 Å². The van der Waals surface area contributed by atoms with Crippen molar-refractivity contribution in [2.75, 3.05) is 18.8 Å². The van der Waals surface area contributed by atoms with Crippen molar-refractivity contribution >= 4 is 15.9 Å². The van der Waals surface area contributed by atoms with E-state index in [1.807, 2.05) is 0 Å². The van der Waals surface area contributed by atoms with Crippen LogP contribution in [0.5, 0.6) is 0 Å². The molecule has 0 spiro atoms. The number of nitrogens with two attached hydrogens (primary N) is 2. The molecule has 0 heterocycles. The molecule has 7 heteroatoms. The van der Waals surface area contributed by atoms with Crippen LogP contribution < -0.4 is 16.2 Å². The van der Waals surface area contributed by atoms with Gasteiger partial charge in [0.15, 0.2) is 0 Å². The average Bonchev–Trinajstić information content (AvgIpc) is 2.33. The van der Waals surface area contributed by atoms with Gasteiger partial charge in [0.25, 0.3) is 0 Å². The second-order valence-electron chi connectivity index (χ2n) is 4.96. The molecule has 0 aliphatic heterocycles. The number of sulfonamides is 1. The molecule has 0 aromatic rings. The van der Waals surface area contributed by atoms with Crippen LogP contribution in [0.3, 0.4) is 0 Å². The van der Waals surface area contributed by atoms with Crippen molar-refractivity contribution in [1.82, 2.24) is 5.32 Å². The molecule has 18 heavy (non-hydrogen) atoms. The van der Waals surface area contributed by atoms with Crippen molar-refractivity contribution < 1.29 is 13.2 Å². The van der Waals surface area contributed by atoms with Crippen molar-refractivity contribution in [3.8, 4) is 0 Å². The second kappa shape index (κ2) is 7.06. The zero-order valence-electron chi connectivity index (χ0n) is 10.6. The summed E-state index contributed by atoms with van der Waals surface area (Å²) in [6.07, 6.45) is 4.13. The molecule has 5 N–H and O–H groups in total. The standard InChI is InChI=1S/C11H23N3O3S/c12-8-9-2-4-10(5-3-9)11(15)14-6-1-7-18(13,16)17/h9-10H,1-8,12H2,(H,14,15)(H2,13,16,17). The topological polar surface area (TPSA) is 115 Å². The summed E-state index contributed by atoms with van der Waals surface area (Å²) in [5, 5.41) is 7.64. The lowest BCUT2D eigenvalue weighted by Gasteiger charge is -2.26. The van der Waals surface area contributed by atoms with E-state index in [0.29, 0.717) is 25.4 Å². The third-order valence-corrected chi connectivity index (χ3v) is 4.31. The Morgan fingerprint density at radius 1 is 1.22 bits per heavy atom. The van der Waals surface area contributed by atoms with Crippen LogP contribution in [0, 0.1) is 11.8 Å². The minimum Gasteiger partial charge on any atom is -0.356 e. The van der Waals surface area contributed by atoms with E-state index >= 15 is 0 Å². The average molecular weight is 277 g/mol. The highest BCUT2D eigenvalue weighted by atomic mass is 32.2. The minimum atomic E-state index is -3.42. The van der Waals surface area contributed by atoms with Gasteiger partial charge in [-0.05, 0) is 44.6 Å². The molecule has 1 aliphatic rings. The Bertz CT molecular complexity index is 362. The third-order valence-electron chi connectivity index (χ3n) is 3.46. The van der Waals surface area contributed by atoms with Crippen LogP contribution >= 0.6 is 0 Å². The highest BCUT2D eigenvalue weighted by molar-refractivity contribution is 7.89. The van der Waals surface area contributed by atoms with Gasteiger partial charge in [0.1, 0.15) is 0 Å². The van der Waals surface area contributed by atoms with Gasteiger partial charge in [-0.15, -0.1) is 0 Å². The monoisotopic (exact) mass is 277 g/mol. The Morgan fingerprint density at radius 2 is 1.83 bits per heavy atom. The molecule has 1 rings (SSSR count). The molecule has 0 radical (unpaired) electrons. The molecule has 1 amide bonds. The maximum atomic E-state index is 11.8. The Labute approximate surface area is 109 Å². The van der Waals surface area contributed by atoms with Crippen molar-refractivity contribution in [2.24, 2.45) is 22.7 Å². The number of carbonyl (C=O) groups excluding carboxylic acids is 1. The molecule has 0 saturated heterocycles. The molecule has 0 atom stereocenters. The van der Waals surface area contributed by atoms with E-state index < -0.39 is 10.0 Å². The normalized spacial score (nSPS) is 24.8. The quantitative estimate of drug-likeness (QED) is 0.570. The Balaban J connectivity index is 2.18. The van der Waals surface area contributed by atoms with Crippen LogP contribution in [0.25, 0.3) is 0 Å². The molecule has 1 aliphatic carbocycles. The minimum absolute atomic E-state index is 0.0277. The first-order valence-corrected chi connectivity index (χ1v) is 8.12. The van der Waals surface area contributed by atoms with E-state index in [2.05, 4.69) is 5.32 Å². The van der Waals surface area contributed by atoms with Gasteiger partial charge in [-0.3, -0.25) is 4.79 Å². The molecular weight excluding hydrogens is 254 g/mol. The summed E-state index contributed by atoms with van der Waals surface area (Å²) in [6, 6.07) is 0. The van der Waals surface area contributed by atoms with E-state index in [9.17, 15) is 13.2 Å². The van der Waals surface area contributed by atoms with Gasteiger partial charge in [0, 0.05) is 12.5 Å². The number of carbonyl (C=O) groups is 1. The summed E-state index contributed by atoms with van der Waals surface area (Å²) in [5.74, 6) is 0.548. The van der Waals surface area contributed by atoms with Crippen LogP contribution in [-0.2, 0) is 14.8 Å². The molecule has 1 fully saturated rings. The summed E-state index contributed by atoms with van der Waals surface area (Å²) in [7, 11) is -3.42. The highest BCUT2D eigenvalue weighted by Gasteiger charge is 2.25. The lowest BCUT2D eigenvalue weighted by Crippen LogP contribution is -2.35. The fourth-order valence-corrected chi connectivity index (χ4v) is 2.84. The van der Waals surface area contributed by atoms with Gasteiger partial charge in [0.05, 0.1) is 5.75 Å². The maximum Gasteiger partial charge on any atom is 0.223 e. The number of hydrogen-bond acceptors (Lipinski definition) is 4. The second-order valence-corrected chi connectivity index (χ2v) is 6.70. The van der Waals surface area contributed by atoms with Crippen molar-refractivity contribution in [2.45, 2.75) is 32.1 Å². The highest BCUT2D eigenvalue weighted by Crippen LogP contribution is 2.27. The van der Waals surface area contributed by atoms with E-state index in [0.717, 1.165) is 25.7 Å². The predicted octanol–water partition coefficient (Wildman–Crippen LogP) is -0.454. The molecule has 0 aromatic carbocycles. The van der Waals surface area contributed by atoms with Crippen LogP contribution in [0.4, 0.5) is 0 Å². The zero-order chi connectivity index (χ0) is 13.6. The lowest BCUT2D eigenvalue weighted by atomic mass is 9.81. The van der Waals surface area contributed by atoms with Gasteiger partial charge >= 0.3 is 0 Å². The van der Waals surface area contributed by atoms with E-state index in [1.54, 1.807) is 0 Å². The Kier molecular flexibility index (Phi) is 6.04. The largest absolute Gasteiger partial charge is 0.356 e. The number of nitrogens with one attached hydrogen (secondary N) is 1. The van der Waals surface area contributed by atoms with Gasteiger partial charge < -0.3 is 11.1 Å². The van der Waals surface area contributed by atoms with Crippen LogP contribution in [0.2, 0.25) is 0 Å². The molecule has 0 bridgehead atoms. The van der Waals surface area contributed by atoms with Crippen LogP contribution in [0.15, 0.2) is 0 Å². The number of primary sulfonamides is 1. The first-order valence-electron chi connectivity index (χ1n) is 6.40. The predicted molar refractivity (Wildman–Crippen MR) is 70.1 cm³/mol. The summed E-state index contributed by atoms with van der Waals surface area (Å²) in [6.45, 7) is 1.06. The molecule has 0 unspecified atom stereocenters. The Hall–Kier alpha value is -0.660. The molecule has 6 nitrogen and oxygen atoms in total. The van der Waals surface area contributed by atoms with E-state index in [1.165, 1.54) is 0 Å². The summed E-state index contributed by atoms with van der Waals surface area (Å²) in [4.78, 5) is 11.8. The fraction of sp³-hybridized carbons (Fsp3) is 0.909. The van der Waals surface area contributed by atoms with Gasteiger partial charge in [-0.25, -0.2) is 13.6 Å². The number of amides is 1. The SMILES string of the molecule is NCC1CCC(C(=O)NCCCS(N)(=O)=O)CC1. The Morgan fingerprint density at radius 3 is 2.33 bits per heavy atom. The van der Waals surface area contributed by atoms with Gasteiger partial charge in [0.2, 0.25) is 15.9 Å². The molecule has 1 saturated carbocycles. The number of hydrogen-bond donors (Lipinski definition) is 3. The van der Waals surface area contributed by atoms with Crippen molar-refractivity contribution in [3.05, 3.63) is 0 Å². The van der Waals surface area contributed by atoms with Crippen molar-refractivity contribution in [1.29, 1.82) is 0 Å². The molecule has 106 valence electrons. The summed E-state index contributed by atoms with van der Waals surface area (Å²) >= 11 is 0. The van der Waals surface area contributed by atoms with Gasteiger partial charge in [-0.2, -0.15) is 0 Å².